The number of pyridine rings is 2. The Morgan fingerprint density at radius 1 is 1.36 bits per heavy atom. The van der Waals surface area contributed by atoms with E-state index in [0.717, 1.165) is 46.1 Å². The van der Waals surface area contributed by atoms with E-state index in [9.17, 15) is 9.66 Å². The van der Waals surface area contributed by atoms with Crippen LogP contribution in [0.25, 0.3) is 32.5 Å². The third kappa shape index (κ3) is 4.33. The number of aliphatic hydroxyl groups is 1. The fourth-order valence-electron chi connectivity index (χ4n) is 4.24. The number of thiophene rings is 1. The first-order valence-corrected chi connectivity index (χ1v) is 13.3. The van der Waals surface area contributed by atoms with Crippen molar-refractivity contribution < 1.29 is 14.4 Å². The molecule has 0 saturated heterocycles. The highest BCUT2D eigenvalue weighted by molar-refractivity contribution is 7.93. The van der Waals surface area contributed by atoms with Crippen LogP contribution < -0.4 is 5.73 Å². The monoisotopic (exact) mass is 485 g/mol. The van der Waals surface area contributed by atoms with Gasteiger partial charge in [0, 0.05) is 42.3 Å². The standard InChI is InChI=1S/C23H27N5O3S2/c1-31-8-3-9-33(30)23-20(24)19-17(14-4-2-5-14)11-18(26-22(19)32-23)15-10-16-13-28(6-7-29)27-21(16)25-12-15/h10-14,29H,2-9,24H2,1H3. The Morgan fingerprint density at radius 2 is 2.21 bits per heavy atom. The lowest BCUT2D eigenvalue weighted by Crippen LogP contribution is -2.11. The second kappa shape index (κ2) is 9.55. The summed E-state index contributed by atoms with van der Waals surface area (Å²) in [7, 11) is 1.65. The van der Waals surface area contributed by atoms with Crippen LogP contribution in [0.3, 0.4) is 0 Å². The molecule has 0 aliphatic heterocycles. The van der Waals surface area contributed by atoms with Gasteiger partial charge < -0.3 is 20.1 Å². The number of nitrogens with zero attached hydrogens (tertiary/aromatic N) is 4. The molecule has 0 amide bonds. The molecule has 1 aliphatic carbocycles. The molecule has 4 aromatic rings. The molecule has 0 aromatic carbocycles. The molecule has 1 saturated carbocycles. The van der Waals surface area contributed by atoms with Gasteiger partial charge in [0.1, 0.15) is 16.3 Å². The molecule has 3 N–H and O–H groups in total. The van der Waals surface area contributed by atoms with Crippen LogP contribution in [0.15, 0.2) is 28.7 Å². The number of rotatable bonds is 9. The Balaban J connectivity index is 1.57. The van der Waals surface area contributed by atoms with E-state index in [1.807, 2.05) is 12.3 Å². The summed E-state index contributed by atoms with van der Waals surface area (Å²) in [5, 5.41) is 15.4. The molecule has 4 heterocycles. The number of fused-ring (bicyclic) bond motifs is 2. The molecule has 1 aliphatic rings. The third-order valence-corrected chi connectivity index (χ3v) is 9.15. The maximum atomic E-state index is 13.0. The number of aliphatic hydroxyl groups excluding tert-OH is 1. The first kappa shape index (κ1) is 22.5. The Bertz CT molecular complexity index is 1280. The fourth-order valence-corrected chi connectivity index (χ4v) is 6.87. The Kier molecular flexibility index (Phi) is 6.53. The fraction of sp³-hybridized carbons (Fsp3) is 0.435. The average molecular weight is 486 g/mol. The molecule has 33 heavy (non-hydrogen) atoms. The van der Waals surface area contributed by atoms with Crippen LogP contribution in [0, 0.1) is 0 Å². The topological polar surface area (TPSA) is 122 Å². The van der Waals surface area contributed by atoms with Crippen LogP contribution in [0.5, 0.6) is 0 Å². The molecule has 1 unspecified atom stereocenters. The number of nitrogen functional groups attached to an aromatic ring is 1. The molecule has 8 nitrogen and oxygen atoms in total. The molecule has 0 bridgehead atoms. The van der Waals surface area contributed by atoms with Crippen molar-refractivity contribution in [1.82, 2.24) is 19.7 Å². The van der Waals surface area contributed by atoms with Crippen LogP contribution in [-0.2, 0) is 22.5 Å². The van der Waals surface area contributed by atoms with Gasteiger partial charge in [0.15, 0.2) is 5.65 Å². The van der Waals surface area contributed by atoms with Gasteiger partial charge in [-0.15, -0.1) is 0 Å². The van der Waals surface area contributed by atoms with E-state index in [4.69, 9.17) is 15.5 Å². The summed E-state index contributed by atoms with van der Waals surface area (Å²) in [6.07, 6.45) is 7.87. The van der Waals surface area contributed by atoms with Gasteiger partial charge in [-0.25, -0.2) is 9.97 Å². The van der Waals surface area contributed by atoms with Gasteiger partial charge in [-0.2, -0.15) is 5.10 Å². The van der Waals surface area contributed by atoms with E-state index in [2.05, 4.69) is 16.1 Å². The first-order valence-electron chi connectivity index (χ1n) is 11.1. The molecule has 174 valence electrons. The zero-order valence-electron chi connectivity index (χ0n) is 18.5. The quantitative estimate of drug-likeness (QED) is 0.274. The Hall–Kier alpha value is -2.24. The van der Waals surface area contributed by atoms with Crippen molar-refractivity contribution in [2.75, 3.05) is 31.8 Å². The Morgan fingerprint density at radius 3 is 2.94 bits per heavy atom. The summed E-state index contributed by atoms with van der Waals surface area (Å²) in [5.74, 6) is 0.972. The molecule has 1 fully saturated rings. The molecule has 5 rings (SSSR count). The summed E-state index contributed by atoms with van der Waals surface area (Å²) in [6.45, 7) is 1.04. The maximum absolute atomic E-state index is 13.0. The smallest absolute Gasteiger partial charge is 0.232 e. The molecular formula is C23H27N5O3S2. The number of aromatic nitrogens is 4. The van der Waals surface area contributed by atoms with Crippen molar-refractivity contribution >= 4 is 49.5 Å². The zero-order chi connectivity index (χ0) is 22.9. The summed E-state index contributed by atoms with van der Waals surface area (Å²) < 4.78 is 20.5. The summed E-state index contributed by atoms with van der Waals surface area (Å²) in [5.41, 5.74) is 10.8. The Labute approximate surface area is 199 Å². The highest BCUT2D eigenvalue weighted by Gasteiger charge is 2.29. The second-order valence-corrected chi connectivity index (χ2v) is 11.1. The van der Waals surface area contributed by atoms with Crippen molar-refractivity contribution in [3.63, 3.8) is 0 Å². The lowest BCUT2D eigenvalue weighted by atomic mass is 9.79. The van der Waals surface area contributed by atoms with Crippen molar-refractivity contribution in [3.8, 4) is 11.3 Å². The number of ether oxygens (including phenoxy) is 1. The van der Waals surface area contributed by atoms with Crippen LogP contribution in [0.2, 0.25) is 0 Å². The molecular weight excluding hydrogens is 458 g/mol. The zero-order valence-corrected chi connectivity index (χ0v) is 20.1. The number of hydrogen-bond acceptors (Lipinski definition) is 8. The number of hydrogen-bond donors (Lipinski definition) is 2. The van der Waals surface area contributed by atoms with Gasteiger partial charge in [-0.05, 0) is 47.6 Å². The van der Waals surface area contributed by atoms with Gasteiger partial charge >= 0.3 is 0 Å². The van der Waals surface area contributed by atoms with Gasteiger partial charge in [0.2, 0.25) is 4.21 Å². The van der Waals surface area contributed by atoms with E-state index in [0.29, 0.717) is 40.4 Å². The summed E-state index contributed by atoms with van der Waals surface area (Å²) >= 11 is 0.264. The highest BCUT2D eigenvalue weighted by Crippen LogP contribution is 2.46. The lowest BCUT2D eigenvalue weighted by Gasteiger charge is -2.27. The largest absolute Gasteiger partial charge is 0.611 e. The van der Waals surface area contributed by atoms with Gasteiger partial charge in [0.25, 0.3) is 0 Å². The van der Waals surface area contributed by atoms with Crippen molar-refractivity contribution in [3.05, 3.63) is 30.1 Å². The minimum atomic E-state index is -1.17. The van der Waals surface area contributed by atoms with Crippen LogP contribution in [0.1, 0.15) is 37.2 Å². The predicted molar refractivity (Wildman–Crippen MR) is 132 cm³/mol. The molecule has 4 aromatic heterocycles. The second-order valence-electron chi connectivity index (χ2n) is 8.36. The number of nitrogens with two attached hydrogens (primary N) is 1. The van der Waals surface area contributed by atoms with Gasteiger partial charge in [-0.1, -0.05) is 17.8 Å². The van der Waals surface area contributed by atoms with Crippen LogP contribution in [-0.4, -0.2) is 55.5 Å². The maximum Gasteiger partial charge on any atom is 0.232 e. The first-order chi connectivity index (χ1) is 16.1. The average Bonchev–Trinajstić information content (AvgIpc) is 3.32. The molecule has 10 heteroatoms. The van der Waals surface area contributed by atoms with Crippen LogP contribution in [0.4, 0.5) is 5.69 Å². The van der Waals surface area contributed by atoms with E-state index < -0.39 is 11.2 Å². The van der Waals surface area contributed by atoms with Crippen molar-refractivity contribution in [2.24, 2.45) is 0 Å². The number of methoxy groups -OCH3 is 1. The van der Waals surface area contributed by atoms with Gasteiger partial charge in [-0.3, -0.25) is 4.68 Å². The van der Waals surface area contributed by atoms with Gasteiger partial charge in [0.05, 0.1) is 25.5 Å². The molecule has 0 radical (unpaired) electrons. The highest BCUT2D eigenvalue weighted by atomic mass is 32.2. The van der Waals surface area contributed by atoms with Crippen LogP contribution >= 0.6 is 11.3 Å². The SMILES string of the molecule is COCCC[S+]([O-])c1sc2nc(-c3cnc4nn(CCO)cc4c3)cc(C3CCC3)c2c1N. The predicted octanol–water partition coefficient (Wildman–Crippen LogP) is 3.69. The summed E-state index contributed by atoms with van der Waals surface area (Å²) in [6, 6.07) is 4.16. The molecule has 1 atom stereocenters. The summed E-state index contributed by atoms with van der Waals surface area (Å²) in [4.78, 5) is 10.3. The number of anilines is 1. The third-order valence-electron chi connectivity index (χ3n) is 6.16. The normalized spacial score (nSPS) is 15.4. The minimum absolute atomic E-state index is 0.0266. The minimum Gasteiger partial charge on any atom is -0.611 e. The van der Waals surface area contributed by atoms with E-state index in [-0.39, 0.29) is 6.61 Å². The van der Waals surface area contributed by atoms with Crippen molar-refractivity contribution in [2.45, 2.75) is 42.4 Å². The van der Waals surface area contributed by atoms with Crippen molar-refractivity contribution in [1.29, 1.82) is 0 Å². The van der Waals surface area contributed by atoms with E-state index in [1.54, 1.807) is 18.0 Å². The molecule has 0 spiro atoms. The van der Waals surface area contributed by atoms with E-state index in [1.165, 1.54) is 23.3 Å². The lowest BCUT2D eigenvalue weighted by molar-refractivity contribution is 0.199. The van der Waals surface area contributed by atoms with E-state index >= 15 is 0 Å².